The molecular weight excluding hydrogens is 342 g/mol. The Kier molecular flexibility index (Phi) is 4.17. The number of amides is 1. The highest BCUT2D eigenvalue weighted by atomic mass is 79.9. The van der Waals surface area contributed by atoms with Gasteiger partial charge in [-0.2, -0.15) is 0 Å². The molecule has 3 rings (SSSR count). The zero-order chi connectivity index (χ0) is 14.1. The van der Waals surface area contributed by atoms with Crippen molar-refractivity contribution in [1.82, 2.24) is 9.88 Å². The van der Waals surface area contributed by atoms with Gasteiger partial charge in [0.2, 0.25) is 5.91 Å². The van der Waals surface area contributed by atoms with Crippen LogP contribution in [0.1, 0.15) is 19.3 Å². The number of pyridine rings is 1. The van der Waals surface area contributed by atoms with Gasteiger partial charge in [0.05, 0.1) is 10.9 Å². The van der Waals surface area contributed by atoms with Gasteiger partial charge in [0, 0.05) is 36.8 Å². The highest BCUT2D eigenvalue weighted by Crippen LogP contribution is 2.31. The van der Waals surface area contributed by atoms with E-state index in [1.165, 1.54) is 0 Å². The van der Waals surface area contributed by atoms with Gasteiger partial charge in [0.25, 0.3) is 0 Å². The molecule has 2 fully saturated rings. The lowest BCUT2D eigenvalue weighted by Crippen LogP contribution is -2.35. The van der Waals surface area contributed by atoms with E-state index in [1.54, 1.807) is 6.20 Å². The summed E-state index contributed by atoms with van der Waals surface area (Å²) in [5.74, 6) is 1.18. The molecule has 20 heavy (non-hydrogen) atoms. The second-order valence-corrected chi connectivity index (χ2v) is 6.75. The first-order chi connectivity index (χ1) is 9.65. The van der Waals surface area contributed by atoms with Crippen molar-refractivity contribution in [3.8, 4) is 0 Å². The molecule has 4 nitrogen and oxygen atoms in total. The number of rotatable bonds is 2. The zero-order valence-corrected chi connectivity index (χ0v) is 13.5. The summed E-state index contributed by atoms with van der Waals surface area (Å²) in [6.45, 7) is 3.42. The second kappa shape index (κ2) is 5.90. The Morgan fingerprint density at radius 1 is 1.35 bits per heavy atom. The average molecular weight is 359 g/mol. The van der Waals surface area contributed by atoms with Crippen molar-refractivity contribution in [2.45, 2.75) is 19.3 Å². The van der Waals surface area contributed by atoms with E-state index in [-0.39, 0.29) is 5.92 Å². The smallest absolute Gasteiger partial charge is 0.227 e. The molecule has 0 bridgehead atoms. The molecule has 2 aliphatic rings. The van der Waals surface area contributed by atoms with Crippen LogP contribution in [0.2, 0.25) is 5.02 Å². The second-order valence-electron chi connectivity index (χ2n) is 5.42. The normalized spacial score (nSPS) is 22.6. The molecule has 1 atom stereocenters. The quantitative estimate of drug-likeness (QED) is 0.815. The van der Waals surface area contributed by atoms with Crippen LogP contribution in [0, 0.1) is 5.92 Å². The monoisotopic (exact) mass is 357 g/mol. The van der Waals surface area contributed by atoms with Crippen LogP contribution in [0.4, 0.5) is 5.82 Å². The Labute approximate surface area is 132 Å². The number of nitrogens with zero attached hydrogens (tertiary/aromatic N) is 3. The summed E-state index contributed by atoms with van der Waals surface area (Å²) in [5, 5.41) is 0.633. The number of aromatic nitrogens is 1. The molecule has 0 spiro atoms. The highest BCUT2D eigenvalue weighted by Gasteiger charge is 2.33. The summed E-state index contributed by atoms with van der Waals surface area (Å²) in [6.07, 6.45) is 4.92. The highest BCUT2D eigenvalue weighted by molar-refractivity contribution is 9.10. The Morgan fingerprint density at radius 2 is 2.10 bits per heavy atom. The molecule has 0 N–H and O–H groups in total. The molecule has 0 aromatic carbocycles. The van der Waals surface area contributed by atoms with E-state index in [2.05, 4.69) is 25.8 Å². The van der Waals surface area contributed by atoms with E-state index in [9.17, 15) is 4.79 Å². The molecular formula is C14H17BrClN3O. The lowest BCUT2D eigenvalue weighted by atomic mass is 10.1. The lowest BCUT2D eigenvalue weighted by Gasteiger charge is -2.21. The van der Waals surface area contributed by atoms with E-state index in [4.69, 9.17) is 11.6 Å². The summed E-state index contributed by atoms with van der Waals surface area (Å²) >= 11 is 9.59. The van der Waals surface area contributed by atoms with Gasteiger partial charge in [-0.1, -0.05) is 11.6 Å². The van der Waals surface area contributed by atoms with E-state index < -0.39 is 0 Å². The van der Waals surface area contributed by atoms with Gasteiger partial charge in [0.1, 0.15) is 5.82 Å². The first-order valence-corrected chi connectivity index (χ1v) is 8.17. The van der Waals surface area contributed by atoms with Gasteiger partial charge in [-0.3, -0.25) is 4.79 Å². The summed E-state index contributed by atoms with van der Waals surface area (Å²) in [4.78, 5) is 20.9. The van der Waals surface area contributed by atoms with Crippen LogP contribution >= 0.6 is 27.5 Å². The third-order valence-electron chi connectivity index (χ3n) is 4.04. The van der Waals surface area contributed by atoms with Crippen molar-refractivity contribution in [3.63, 3.8) is 0 Å². The number of hydrogen-bond donors (Lipinski definition) is 0. The van der Waals surface area contributed by atoms with Crippen LogP contribution in [0.15, 0.2) is 16.7 Å². The zero-order valence-electron chi connectivity index (χ0n) is 11.2. The summed E-state index contributed by atoms with van der Waals surface area (Å²) in [6, 6.07) is 1.85. The molecule has 1 aromatic rings. The fourth-order valence-corrected chi connectivity index (χ4v) is 3.74. The maximum Gasteiger partial charge on any atom is 0.227 e. The fraction of sp³-hybridized carbons (Fsp3) is 0.571. The predicted molar refractivity (Wildman–Crippen MR) is 83.1 cm³/mol. The molecule has 1 aromatic heterocycles. The number of hydrogen-bond acceptors (Lipinski definition) is 3. The van der Waals surface area contributed by atoms with Crippen molar-refractivity contribution in [3.05, 3.63) is 21.8 Å². The topological polar surface area (TPSA) is 36.4 Å². The average Bonchev–Trinajstić information content (AvgIpc) is 3.09. The maximum atomic E-state index is 12.4. The number of likely N-dealkylation sites (tertiary alicyclic amines) is 1. The van der Waals surface area contributed by atoms with Crippen LogP contribution < -0.4 is 4.90 Å². The standard InChI is InChI=1S/C14H17BrClN3O/c15-11-7-12(16)13(17-8-11)19-6-3-10(9-19)14(20)18-4-1-2-5-18/h7-8,10H,1-6,9H2. The minimum atomic E-state index is 0.0922. The number of anilines is 1. The van der Waals surface area contributed by atoms with Gasteiger partial charge >= 0.3 is 0 Å². The van der Waals surface area contributed by atoms with Crippen LogP contribution in [-0.2, 0) is 4.79 Å². The molecule has 1 unspecified atom stereocenters. The van der Waals surface area contributed by atoms with E-state index >= 15 is 0 Å². The van der Waals surface area contributed by atoms with Crippen LogP contribution in [-0.4, -0.2) is 42.0 Å². The van der Waals surface area contributed by atoms with Crippen molar-refractivity contribution < 1.29 is 4.79 Å². The van der Waals surface area contributed by atoms with Crippen molar-refractivity contribution >= 4 is 39.3 Å². The first-order valence-electron chi connectivity index (χ1n) is 7.00. The van der Waals surface area contributed by atoms with Gasteiger partial charge in [-0.25, -0.2) is 4.98 Å². The molecule has 2 aliphatic heterocycles. The molecule has 6 heteroatoms. The Hall–Kier alpha value is -0.810. The van der Waals surface area contributed by atoms with Gasteiger partial charge in [-0.15, -0.1) is 0 Å². The van der Waals surface area contributed by atoms with Crippen molar-refractivity contribution in [2.24, 2.45) is 5.92 Å². The first kappa shape index (κ1) is 14.1. The minimum absolute atomic E-state index is 0.0922. The molecule has 0 saturated carbocycles. The van der Waals surface area contributed by atoms with E-state index in [1.807, 2.05) is 11.0 Å². The Morgan fingerprint density at radius 3 is 2.80 bits per heavy atom. The maximum absolute atomic E-state index is 12.4. The third kappa shape index (κ3) is 2.79. The van der Waals surface area contributed by atoms with Crippen LogP contribution in [0.5, 0.6) is 0 Å². The molecule has 0 aliphatic carbocycles. The predicted octanol–water partition coefficient (Wildman–Crippen LogP) is 2.95. The minimum Gasteiger partial charge on any atom is -0.355 e. The fourth-order valence-electron chi connectivity index (χ4n) is 2.99. The third-order valence-corrected chi connectivity index (χ3v) is 4.75. The van der Waals surface area contributed by atoms with Gasteiger partial charge in [-0.05, 0) is 41.3 Å². The molecule has 108 valence electrons. The number of carbonyl (C=O) groups is 1. The summed E-state index contributed by atoms with van der Waals surface area (Å²) in [5.41, 5.74) is 0. The van der Waals surface area contributed by atoms with Crippen LogP contribution in [0.3, 0.4) is 0 Å². The lowest BCUT2D eigenvalue weighted by molar-refractivity contribution is -0.133. The molecule has 0 radical (unpaired) electrons. The van der Waals surface area contributed by atoms with E-state index in [0.29, 0.717) is 10.9 Å². The van der Waals surface area contributed by atoms with Crippen molar-refractivity contribution in [2.75, 3.05) is 31.1 Å². The largest absolute Gasteiger partial charge is 0.355 e. The van der Waals surface area contributed by atoms with Gasteiger partial charge in [0.15, 0.2) is 0 Å². The molecule has 1 amide bonds. The SMILES string of the molecule is O=C(C1CCN(c2ncc(Br)cc2Cl)C1)N1CCCC1. The molecule has 3 heterocycles. The van der Waals surface area contributed by atoms with Gasteiger partial charge < -0.3 is 9.80 Å². The van der Waals surface area contributed by atoms with Crippen molar-refractivity contribution in [1.29, 1.82) is 0 Å². The number of carbonyl (C=O) groups excluding carboxylic acids is 1. The Balaban J connectivity index is 1.68. The summed E-state index contributed by atoms with van der Waals surface area (Å²) < 4.78 is 0.871. The van der Waals surface area contributed by atoms with E-state index in [0.717, 1.165) is 55.7 Å². The summed E-state index contributed by atoms with van der Waals surface area (Å²) in [7, 11) is 0. The number of halogens is 2. The Bertz CT molecular complexity index is 519. The van der Waals surface area contributed by atoms with Crippen LogP contribution in [0.25, 0.3) is 0 Å². The molecule has 2 saturated heterocycles.